The van der Waals surface area contributed by atoms with E-state index in [1.54, 1.807) is 6.07 Å². The van der Waals surface area contributed by atoms with E-state index in [4.69, 9.17) is 0 Å². The molecule has 4 rings (SSSR count). The maximum absolute atomic E-state index is 13.2. The van der Waals surface area contributed by atoms with Gasteiger partial charge in [0.15, 0.2) is 0 Å². The summed E-state index contributed by atoms with van der Waals surface area (Å²) in [5, 5.41) is 3.34. The predicted octanol–water partition coefficient (Wildman–Crippen LogP) is 5.03. The van der Waals surface area contributed by atoms with Crippen LogP contribution in [-0.2, 0) is 25.3 Å². The summed E-state index contributed by atoms with van der Waals surface area (Å²) in [7, 11) is 0. The molecule has 3 aromatic rings. The largest absolute Gasteiger partial charge is 0.471 e. The van der Waals surface area contributed by atoms with Crippen molar-refractivity contribution in [2.45, 2.75) is 25.3 Å². The molecule has 158 valence electrons. The van der Waals surface area contributed by atoms with Crippen LogP contribution in [0.5, 0.6) is 0 Å². The van der Waals surface area contributed by atoms with Crippen LogP contribution >= 0.6 is 11.3 Å². The zero-order chi connectivity index (χ0) is 21.7. The van der Waals surface area contributed by atoms with Crippen LogP contribution in [0.4, 0.5) is 26.3 Å². The van der Waals surface area contributed by atoms with Crippen molar-refractivity contribution in [1.29, 1.82) is 0 Å². The summed E-state index contributed by atoms with van der Waals surface area (Å²) in [6.07, 6.45) is -9.09. The first-order chi connectivity index (χ1) is 14.0. The third kappa shape index (κ3) is 3.78. The molecule has 1 amide bonds. The van der Waals surface area contributed by atoms with Gasteiger partial charge in [-0.1, -0.05) is 17.3 Å². The van der Waals surface area contributed by atoms with Gasteiger partial charge in [-0.15, -0.1) is 11.3 Å². The fraction of sp³-hybridized carbons (Fsp3) is 0.278. The molecule has 30 heavy (non-hydrogen) atoms. The van der Waals surface area contributed by atoms with Gasteiger partial charge in [-0.3, -0.25) is 4.79 Å². The van der Waals surface area contributed by atoms with Crippen molar-refractivity contribution >= 4 is 17.2 Å². The van der Waals surface area contributed by atoms with Crippen molar-refractivity contribution in [3.05, 3.63) is 57.8 Å². The van der Waals surface area contributed by atoms with Gasteiger partial charge in [0, 0.05) is 11.4 Å². The fourth-order valence-corrected chi connectivity index (χ4v) is 4.28. The topological polar surface area (TPSA) is 59.2 Å². The van der Waals surface area contributed by atoms with E-state index in [9.17, 15) is 31.1 Å². The highest BCUT2D eigenvalue weighted by Crippen LogP contribution is 2.37. The number of amides is 1. The Morgan fingerprint density at radius 1 is 1.10 bits per heavy atom. The number of benzene rings is 1. The summed E-state index contributed by atoms with van der Waals surface area (Å²) >= 11 is 1.07. The van der Waals surface area contributed by atoms with Crippen molar-refractivity contribution in [2.75, 3.05) is 6.54 Å². The first-order valence-corrected chi connectivity index (χ1v) is 9.34. The normalized spacial score (nSPS) is 14.7. The van der Waals surface area contributed by atoms with E-state index in [1.807, 2.05) is 0 Å². The van der Waals surface area contributed by atoms with Crippen LogP contribution in [0.15, 0.2) is 34.9 Å². The van der Waals surface area contributed by atoms with E-state index >= 15 is 0 Å². The second kappa shape index (κ2) is 7.11. The summed E-state index contributed by atoms with van der Waals surface area (Å²) in [4.78, 5) is 18.3. The number of hydrogen-bond donors (Lipinski definition) is 0. The van der Waals surface area contributed by atoms with Crippen LogP contribution in [-0.4, -0.2) is 27.5 Å². The minimum Gasteiger partial charge on any atom is -0.333 e. The lowest BCUT2D eigenvalue weighted by molar-refractivity contribution is -0.159. The Morgan fingerprint density at radius 3 is 2.50 bits per heavy atom. The molecule has 1 aliphatic rings. The molecule has 3 heterocycles. The maximum Gasteiger partial charge on any atom is 0.471 e. The number of carbonyl (C=O) groups excluding carboxylic acids is 1. The highest BCUT2D eigenvalue weighted by molar-refractivity contribution is 7.15. The Balaban J connectivity index is 1.58. The second-order valence-electron chi connectivity index (χ2n) is 6.50. The Morgan fingerprint density at radius 2 is 1.83 bits per heavy atom. The molecule has 1 aliphatic heterocycles. The van der Waals surface area contributed by atoms with Crippen LogP contribution in [0.1, 0.15) is 32.3 Å². The zero-order valence-electron chi connectivity index (χ0n) is 14.8. The first-order valence-electron chi connectivity index (χ1n) is 8.52. The summed E-state index contributed by atoms with van der Waals surface area (Å²) in [6, 6.07) is 6.14. The van der Waals surface area contributed by atoms with Crippen molar-refractivity contribution in [3.8, 4) is 10.7 Å². The maximum atomic E-state index is 13.2. The van der Waals surface area contributed by atoms with E-state index < -0.39 is 35.3 Å². The molecule has 0 unspecified atom stereocenters. The SMILES string of the molecule is O=C(c1ccccc1C(F)(F)F)N1CCc2cc(-c3noc(C(F)(F)F)n3)sc2C1. The quantitative estimate of drug-likeness (QED) is 0.517. The van der Waals surface area contributed by atoms with E-state index in [0.29, 0.717) is 16.2 Å². The standard InChI is InChI=1S/C18H11F6N3O2S/c19-17(20,21)11-4-2-1-3-10(11)15(28)27-6-5-9-7-12(30-13(9)8-27)14-25-16(29-26-14)18(22,23)24/h1-4,7H,5-6,8H2. The number of alkyl halides is 6. The summed E-state index contributed by atoms with van der Waals surface area (Å²) in [5.41, 5.74) is -0.682. The lowest BCUT2D eigenvalue weighted by Crippen LogP contribution is -2.36. The highest BCUT2D eigenvalue weighted by atomic mass is 32.1. The lowest BCUT2D eigenvalue weighted by Gasteiger charge is -2.28. The first kappa shape index (κ1) is 20.4. The monoisotopic (exact) mass is 447 g/mol. The minimum atomic E-state index is -4.77. The molecule has 0 N–H and O–H groups in total. The Labute approximate surface area is 168 Å². The average molecular weight is 447 g/mol. The van der Waals surface area contributed by atoms with Crippen molar-refractivity contribution < 1.29 is 35.7 Å². The van der Waals surface area contributed by atoms with Crippen LogP contribution < -0.4 is 0 Å². The Kier molecular flexibility index (Phi) is 4.83. The van der Waals surface area contributed by atoms with Crippen LogP contribution in [0.3, 0.4) is 0 Å². The third-order valence-electron chi connectivity index (χ3n) is 4.52. The predicted molar refractivity (Wildman–Crippen MR) is 92.5 cm³/mol. The van der Waals surface area contributed by atoms with Gasteiger partial charge in [0.1, 0.15) is 0 Å². The van der Waals surface area contributed by atoms with Gasteiger partial charge in [0.05, 0.1) is 22.5 Å². The van der Waals surface area contributed by atoms with Crippen molar-refractivity contribution in [3.63, 3.8) is 0 Å². The van der Waals surface area contributed by atoms with E-state index in [2.05, 4.69) is 14.7 Å². The molecule has 0 atom stereocenters. The molecule has 0 bridgehead atoms. The smallest absolute Gasteiger partial charge is 0.333 e. The highest BCUT2D eigenvalue weighted by Gasteiger charge is 2.39. The van der Waals surface area contributed by atoms with Crippen LogP contribution in [0.25, 0.3) is 10.7 Å². The number of rotatable bonds is 2. The Hall–Kier alpha value is -2.89. The van der Waals surface area contributed by atoms with Crippen molar-refractivity contribution in [1.82, 2.24) is 15.0 Å². The molecule has 1 aromatic carbocycles. The summed E-state index contributed by atoms with van der Waals surface area (Å²) in [5.74, 6) is -2.46. The fourth-order valence-electron chi connectivity index (χ4n) is 3.13. The van der Waals surface area contributed by atoms with Gasteiger partial charge < -0.3 is 9.42 Å². The second-order valence-corrected chi connectivity index (χ2v) is 7.64. The van der Waals surface area contributed by atoms with Crippen molar-refractivity contribution in [2.24, 2.45) is 0 Å². The zero-order valence-corrected chi connectivity index (χ0v) is 15.7. The van der Waals surface area contributed by atoms with Crippen LogP contribution in [0.2, 0.25) is 0 Å². The number of hydrogen-bond acceptors (Lipinski definition) is 5. The molecule has 5 nitrogen and oxygen atoms in total. The molecule has 0 fully saturated rings. The lowest BCUT2D eigenvalue weighted by atomic mass is 10.0. The number of fused-ring (bicyclic) bond motifs is 1. The average Bonchev–Trinajstić information content (AvgIpc) is 3.32. The number of carbonyl (C=O) groups is 1. The molecule has 0 saturated heterocycles. The van der Waals surface area contributed by atoms with Crippen LogP contribution in [0, 0.1) is 0 Å². The third-order valence-corrected chi connectivity index (χ3v) is 5.68. The summed E-state index contributed by atoms with van der Waals surface area (Å²) < 4.78 is 81.8. The molecular weight excluding hydrogens is 436 g/mol. The van der Waals surface area contributed by atoms with Gasteiger partial charge in [0.25, 0.3) is 5.91 Å². The molecule has 0 radical (unpaired) electrons. The Bertz CT molecular complexity index is 1100. The molecule has 0 aliphatic carbocycles. The van der Waals surface area contributed by atoms with Gasteiger partial charge in [-0.05, 0) is 30.2 Å². The minimum absolute atomic E-state index is 0.0367. The number of aromatic nitrogens is 2. The molecule has 2 aromatic heterocycles. The number of halogens is 6. The van der Waals surface area contributed by atoms with Gasteiger partial charge in [0.2, 0.25) is 5.82 Å². The summed E-state index contributed by atoms with van der Waals surface area (Å²) in [6.45, 7) is 0.212. The number of nitrogens with zero attached hydrogens (tertiary/aromatic N) is 3. The van der Waals surface area contributed by atoms with Gasteiger partial charge >= 0.3 is 18.2 Å². The molecule has 0 spiro atoms. The van der Waals surface area contributed by atoms with E-state index in [-0.39, 0.29) is 18.9 Å². The molecule has 0 saturated carbocycles. The van der Waals surface area contributed by atoms with E-state index in [0.717, 1.165) is 29.0 Å². The molecular formula is C18H11F6N3O2S. The van der Waals surface area contributed by atoms with E-state index in [1.165, 1.54) is 17.0 Å². The van der Waals surface area contributed by atoms with Gasteiger partial charge in [-0.2, -0.15) is 31.3 Å². The van der Waals surface area contributed by atoms with Gasteiger partial charge in [-0.25, -0.2) is 0 Å². The number of thiophene rings is 1. The molecule has 12 heteroatoms.